The van der Waals surface area contributed by atoms with E-state index in [9.17, 15) is 0 Å². The maximum Gasteiger partial charge on any atom is 0.225 e. The second-order valence-electron chi connectivity index (χ2n) is 8.30. The molecule has 3 aromatic rings. The Balaban J connectivity index is 1.27. The molecule has 0 atom stereocenters. The fraction of sp³-hybridized carbons (Fsp3) is 0.478. The number of anilines is 1. The Kier molecular flexibility index (Phi) is 7.40. The number of fused-ring (bicyclic) bond motifs is 1. The number of likely N-dealkylation sites (N-methyl/N-ethyl adjacent to an activating group) is 1. The lowest BCUT2D eigenvalue weighted by atomic mass is 9.96. The fourth-order valence-electron chi connectivity index (χ4n) is 4.39. The number of halogens is 1. The summed E-state index contributed by atoms with van der Waals surface area (Å²) in [7, 11) is 0. The normalized spacial score (nSPS) is 15.3. The third kappa shape index (κ3) is 5.54. The van der Waals surface area contributed by atoms with Crippen LogP contribution in [0.15, 0.2) is 36.8 Å². The number of nitrogens with zero attached hydrogens (tertiary/aromatic N) is 4. The summed E-state index contributed by atoms with van der Waals surface area (Å²) in [6.45, 7) is 7.84. The lowest BCUT2D eigenvalue weighted by Gasteiger charge is -2.34. The number of hydrogen-bond donors (Lipinski definition) is 3. The van der Waals surface area contributed by atoms with E-state index in [0.29, 0.717) is 12.5 Å². The SMILES string of the molecule is CCN(CCc1c[nH]c2ccc(Cl)cc12)CC1CCN(c2ncc(CNO)cn2)CC1. The van der Waals surface area contributed by atoms with Crippen LogP contribution in [0.5, 0.6) is 0 Å². The molecule has 1 aromatic carbocycles. The van der Waals surface area contributed by atoms with Gasteiger partial charge in [0.05, 0.1) is 0 Å². The molecule has 4 rings (SSSR count). The third-order valence-corrected chi connectivity index (χ3v) is 6.50. The summed E-state index contributed by atoms with van der Waals surface area (Å²) in [6, 6.07) is 6.04. The predicted octanol–water partition coefficient (Wildman–Crippen LogP) is 3.87. The number of nitrogens with one attached hydrogen (secondary N) is 2. The molecule has 8 heteroatoms. The number of piperidine rings is 1. The molecule has 31 heavy (non-hydrogen) atoms. The highest BCUT2D eigenvalue weighted by Crippen LogP contribution is 2.24. The maximum atomic E-state index is 8.78. The Morgan fingerprint density at radius 1 is 1.26 bits per heavy atom. The number of hydrogen-bond acceptors (Lipinski definition) is 6. The molecule has 0 amide bonds. The van der Waals surface area contributed by atoms with Crippen molar-refractivity contribution in [2.75, 3.05) is 37.6 Å². The first-order valence-corrected chi connectivity index (χ1v) is 11.4. The molecule has 0 saturated carbocycles. The lowest BCUT2D eigenvalue weighted by Crippen LogP contribution is -2.40. The summed E-state index contributed by atoms with van der Waals surface area (Å²) in [5.41, 5.74) is 5.50. The van der Waals surface area contributed by atoms with Gasteiger partial charge < -0.3 is 20.0 Å². The number of aromatic amines is 1. The molecule has 0 spiro atoms. The molecular formula is C23H31ClN6O. The molecule has 0 radical (unpaired) electrons. The lowest BCUT2D eigenvalue weighted by molar-refractivity contribution is 0.161. The molecule has 2 aromatic heterocycles. The van der Waals surface area contributed by atoms with E-state index >= 15 is 0 Å². The minimum atomic E-state index is 0.362. The Hall–Kier alpha value is -2.19. The van der Waals surface area contributed by atoms with Crippen molar-refractivity contribution in [3.8, 4) is 0 Å². The van der Waals surface area contributed by atoms with Crippen LogP contribution in [0, 0.1) is 5.92 Å². The van der Waals surface area contributed by atoms with Gasteiger partial charge in [-0.05, 0) is 55.5 Å². The molecule has 7 nitrogen and oxygen atoms in total. The van der Waals surface area contributed by atoms with Crippen LogP contribution in [0.2, 0.25) is 5.02 Å². The average molecular weight is 443 g/mol. The average Bonchev–Trinajstić information content (AvgIpc) is 3.20. The van der Waals surface area contributed by atoms with Crippen molar-refractivity contribution in [2.24, 2.45) is 5.92 Å². The van der Waals surface area contributed by atoms with Gasteiger partial charge in [-0.1, -0.05) is 18.5 Å². The van der Waals surface area contributed by atoms with E-state index < -0.39 is 0 Å². The van der Waals surface area contributed by atoms with Gasteiger partial charge in [0.25, 0.3) is 0 Å². The monoisotopic (exact) mass is 442 g/mol. The maximum absolute atomic E-state index is 8.78. The van der Waals surface area contributed by atoms with Gasteiger partial charge in [-0.3, -0.25) is 0 Å². The van der Waals surface area contributed by atoms with Gasteiger partial charge in [0.15, 0.2) is 0 Å². The first-order chi connectivity index (χ1) is 15.2. The summed E-state index contributed by atoms with van der Waals surface area (Å²) in [5.74, 6) is 1.48. The molecule has 1 fully saturated rings. The van der Waals surface area contributed by atoms with Gasteiger partial charge >= 0.3 is 0 Å². The zero-order valence-corrected chi connectivity index (χ0v) is 18.8. The molecule has 3 N–H and O–H groups in total. The minimum Gasteiger partial charge on any atom is -0.361 e. The van der Waals surface area contributed by atoms with Crippen molar-refractivity contribution in [3.05, 3.63) is 52.9 Å². The van der Waals surface area contributed by atoms with Crippen LogP contribution in [-0.4, -0.2) is 57.8 Å². The summed E-state index contributed by atoms with van der Waals surface area (Å²) >= 11 is 6.19. The smallest absolute Gasteiger partial charge is 0.225 e. The summed E-state index contributed by atoms with van der Waals surface area (Å²) < 4.78 is 0. The van der Waals surface area contributed by atoms with Crippen LogP contribution in [0.3, 0.4) is 0 Å². The zero-order chi connectivity index (χ0) is 21.6. The Labute approximate surface area is 188 Å². The van der Waals surface area contributed by atoms with Crippen LogP contribution >= 0.6 is 11.6 Å². The van der Waals surface area contributed by atoms with Crippen molar-refractivity contribution in [1.29, 1.82) is 0 Å². The van der Waals surface area contributed by atoms with Gasteiger partial charge in [0, 0.05) is 72.8 Å². The number of aromatic nitrogens is 3. The standard InChI is InChI=1S/C23H31ClN6O/c1-2-29(8-7-19-15-25-22-4-3-20(24)11-21(19)22)16-17-5-9-30(10-6-17)23-26-12-18(13-27-23)14-28-31/h3-4,11-13,15,17,25,28,31H,2,5-10,14,16H2,1H3. The quantitative estimate of drug-likeness (QED) is 0.436. The Morgan fingerprint density at radius 2 is 2.03 bits per heavy atom. The van der Waals surface area contributed by atoms with E-state index in [1.807, 2.05) is 12.1 Å². The van der Waals surface area contributed by atoms with Crippen LogP contribution in [0.4, 0.5) is 5.95 Å². The topological polar surface area (TPSA) is 80.3 Å². The second-order valence-corrected chi connectivity index (χ2v) is 8.74. The summed E-state index contributed by atoms with van der Waals surface area (Å²) in [4.78, 5) is 17.1. The van der Waals surface area contributed by atoms with E-state index in [0.717, 1.165) is 74.0 Å². The highest BCUT2D eigenvalue weighted by molar-refractivity contribution is 6.31. The molecular weight excluding hydrogens is 412 g/mol. The summed E-state index contributed by atoms with van der Waals surface area (Å²) in [5, 5.41) is 10.8. The van der Waals surface area contributed by atoms with Crippen molar-refractivity contribution >= 4 is 28.5 Å². The number of hydroxylamine groups is 1. The van der Waals surface area contributed by atoms with Crippen molar-refractivity contribution in [1.82, 2.24) is 25.3 Å². The highest BCUT2D eigenvalue weighted by Gasteiger charge is 2.22. The van der Waals surface area contributed by atoms with Gasteiger partial charge in [0.2, 0.25) is 5.95 Å². The fourth-order valence-corrected chi connectivity index (χ4v) is 4.56. The van der Waals surface area contributed by atoms with E-state index in [2.05, 4.69) is 49.4 Å². The van der Waals surface area contributed by atoms with E-state index in [1.54, 1.807) is 12.4 Å². The summed E-state index contributed by atoms with van der Waals surface area (Å²) in [6.07, 6.45) is 9.00. The molecule has 1 aliphatic heterocycles. The highest BCUT2D eigenvalue weighted by atomic mass is 35.5. The third-order valence-electron chi connectivity index (χ3n) is 6.26. The molecule has 3 heterocycles. The van der Waals surface area contributed by atoms with Crippen LogP contribution < -0.4 is 10.4 Å². The van der Waals surface area contributed by atoms with E-state index in [-0.39, 0.29) is 0 Å². The first kappa shape index (κ1) is 22.0. The van der Waals surface area contributed by atoms with Crippen LogP contribution in [0.1, 0.15) is 30.9 Å². The molecule has 1 saturated heterocycles. The minimum absolute atomic E-state index is 0.362. The van der Waals surface area contributed by atoms with Crippen molar-refractivity contribution in [2.45, 2.75) is 32.7 Å². The largest absolute Gasteiger partial charge is 0.361 e. The predicted molar refractivity (Wildman–Crippen MR) is 125 cm³/mol. The van der Waals surface area contributed by atoms with Crippen molar-refractivity contribution in [3.63, 3.8) is 0 Å². The van der Waals surface area contributed by atoms with Crippen molar-refractivity contribution < 1.29 is 5.21 Å². The molecule has 0 bridgehead atoms. The zero-order valence-electron chi connectivity index (χ0n) is 18.0. The Bertz CT molecular complexity index is 968. The molecule has 0 unspecified atom stereocenters. The number of rotatable bonds is 9. The van der Waals surface area contributed by atoms with Gasteiger partial charge in [-0.2, -0.15) is 0 Å². The van der Waals surface area contributed by atoms with E-state index in [4.69, 9.17) is 16.8 Å². The first-order valence-electron chi connectivity index (χ1n) is 11.1. The van der Waals surface area contributed by atoms with Crippen LogP contribution in [0.25, 0.3) is 10.9 Å². The Morgan fingerprint density at radius 3 is 2.74 bits per heavy atom. The van der Waals surface area contributed by atoms with Gasteiger partial charge in [0.1, 0.15) is 0 Å². The number of benzene rings is 1. The molecule has 1 aliphatic rings. The number of H-pyrrole nitrogens is 1. The van der Waals surface area contributed by atoms with Gasteiger partial charge in [-0.25, -0.2) is 15.4 Å². The van der Waals surface area contributed by atoms with E-state index in [1.165, 1.54) is 10.9 Å². The molecule has 166 valence electrons. The second kappa shape index (κ2) is 10.4. The van der Waals surface area contributed by atoms with Crippen LogP contribution in [-0.2, 0) is 13.0 Å². The molecule has 0 aliphatic carbocycles. The van der Waals surface area contributed by atoms with Gasteiger partial charge in [-0.15, -0.1) is 0 Å².